The highest BCUT2D eigenvalue weighted by atomic mass is 16.3. The van der Waals surface area contributed by atoms with Gasteiger partial charge in [-0.15, -0.1) is 0 Å². The summed E-state index contributed by atoms with van der Waals surface area (Å²) < 4.78 is 0. The summed E-state index contributed by atoms with van der Waals surface area (Å²) in [5.74, 6) is -0.0159. The summed E-state index contributed by atoms with van der Waals surface area (Å²) in [6.45, 7) is 1.65. The first kappa shape index (κ1) is 12.0. The first-order valence-electron chi connectivity index (χ1n) is 6.50. The zero-order valence-corrected chi connectivity index (χ0v) is 10.6. The quantitative estimate of drug-likeness (QED) is 0.768. The van der Waals surface area contributed by atoms with Gasteiger partial charge >= 0.3 is 0 Å². The summed E-state index contributed by atoms with van der Waals surface area (Å²) in [6, 6.07) is 5.30. The number of phenolic OH excluding ortho intramolecular Hbond substituents is 1. The van der Waals surface area contributed by atoms with Crippen LogP contribution in [0, 0.1) is 5.92 Å². The van der Waals surface area contributed by atoms with Crippen LogP contribution in [-0.4, -0.2) is 34.9 Å². The number of rotatable bonds is 1. The minimum absolute atomic E-state index is 0.0346. The molecule has 100 valence electrons. The number of carbonyl (C=O) groups is 2. The maximum absolute atomic E-state index is 12.3. The van der Waals surface area contributed by atoms with Gasteiger partial charge in [0.15, 0.2) is 0 Å². The number of amides is 2. The molecule has 1 atom stereocenters. The van der Waals surface area contributed by atoms with Crippen LogP contribution in [0.2, 0.25) is 0 Å². The molecule has 0 spiro atoms. The van der Waals surface area contributed by atoms with Crippen molar-refractivity contribution in [2.75, 3.05) is 13.1 Å². The summed E-state index contributed by atoms with van der Waals surface area (Å²) >= 11 is 0. The summed E-state index contributed by atoms with van der Waals surface area (Å²) in [7, 11) is 0. The van der Waals surface area contributed by atoms with E-state index in [1.54, 1.807) is 17.0 Å². The second-order valence-electron chi connectivity index (χ2n) is 5.17. The number of nitrogens with zero attached hydrogens (tertiary/aromatic N) is 1. The molecule has 1 unspecified atom stereocenters. The molecule has 2 aliphatic rings. The Morgan fingerprint density at radius 1 is 1.37 bits per heavy atom. The normalized spacial score (nSPS) is 22.0. The summed E-state index contributed by atoms with van der Waals surface area (Å²) in [6.07, 6.45) is 1.09. The largest absolute Gasteiger partial charge is 0.508 e. The lowest BCUT2D eigenvalue weighted by Gasteiger charge is -2.30. The molecule has 5 heteroatoms. The van der Waals surface area contributed by atoms with Gasteiger partial charge in [0, 0.05) is 26.1 Å². The molecule has 2 aliphatic heterocycles. The molecular weight excluding hydrogens is 244 g/mol. The maximum atomic E-state index is 12.3. The molecule has 19 heavy (non-hydrogen) atoms. The van der Waals surface area contributed by atoms with Crippen LogP contribution in [0.15, 0.2) is 18.2 Å². The van der Waals surface area contributed by atoms with Crippen molar-refractivity contribution in [3.8, 4) is 5.75 Å². The van der Waals surface area contributed by atoms with Gasteiger partial charge in [0.1, 0.15) is 5.75 Å². The number of aromatic hydroxyl groups is 1. The minimum Gasteiger partial charge on any atom is -0.508 e. The first-order valence-corrected chi connectivity index (χ1v) is 6.50. The Morgan fingerprint density at radius 2 is 2.21 bits per heavy atom. The van der Waals surface area contributed by atoms with Crippen LogP contribution in [0.3, 0.4) is 0 Å². The number of hydrogen-bond acceptors (Lipinski definition) is 3. The Labute approximate surface area is 111 Å². The van der Waals surface area contributed by atoms with E-state index in [-0.39, 0.29) is 23.5 Å². The van der Waals surface area contributed by atoms with Gasteiger partial charge in [-0.2, -0.15) is 0 Å². The molecule has 5 nitrogen and oxygen atoms in total. The van der Waals surface area contributed by atoms with Gasteiger partial charge in [0.05, 0.1) is 5.92 Å². The second-order valence-corrected chi connectivity index (χ2v) is 5.17. The fourth-order valence-corrected chi connectivity index (χ4v) is 2.77. The standard InChI is InChI=1S/C14H16N2O3/c17-12-2-1-9-3-4-16(8-11(9)5-12)14(19)10-6-13(18)15-7-10/h1-2,5,10,17H,3-4,6-8H2,(H,15,18). The van der Waals surface area contributed by atoms with E-state index in [0.717, 1.165) is 12.0 Å². The van der Waals surface area contributed by atoms with Gasteiger partial charge in [-0.3, -0.25) is 9.59 Å². The molecule has 1 saturated heterocycles. The van der Waals surface area contributed by atoms with Crippen LogP contribution in [-0.2, 0) is 22.6 Å². The summed E-state index contributed by atoms with van der Waals surface area (Å²) in [5, 5.41) is 12.2. The van der Waals surface area contributed by atoms with Crippen LogP contribution in [0.25, 0.3) is 0 Å². The average molecular weight is 260 g/mol. The molecule has 0 aromatic heterocycles. The number of hydrogen-bond donors (Lipinski definition) is 2. The third-order valence-corrected chi connectivity index (χ3v) is 3.84. The van der Waals surface area contributed by atoms with Crippen molar-refractivity contribution in [2.45, 2.75) is 19.4 Å². The van der Waals surface area contributed by atoms with Gasteiger partial charge in [0.25, 0.3) is 0 Å². The molecule has 1 aromatic carbocycles. The molecule has 1 fully saturated rings. The molecule has 2 N–H and O–H groups in total. The molecule has 2 amide bonds. The number of benzene rings is 1. The van der Waals surface area contributed by atoms with E-state index in [9.17, 15) is 14.7 Å². The third kappa shape index (κ3) is 2.28. The van der Waals surface area contributed by atoms with E-state index in [2.05, 4.69) is 5.32 Å². The smallest absolute Gasteiger partial charge is 0.228 e. The zero-order valence-electron chi connectivity index (χ0n) is 10.6. The highest BCUT2D eigenvalue weighted by Crippen LogP contribution is 2.25. The Hall–Kier alpha value is -2.04. The number of nitrogens with one attached hydrogen (secondary N) is 1. The number of fused-ring (bicyclic) bond motifs is 1. The molecule has 0 radical (unpaired) electrons. The van der Waals surface area contributed by atoms with E-state index in [4.69, 9.17) is 0 Å². The molecule has 1 aromatic rings. The van der Waals surface area contributed by atoms with Crippen molar-refractivity contribution >= 4 is 11.8 Å². The van der Waals surface area contributed by atoms with Crippen molar-refractivity contribution in [1.29, 1.82) is 0 Å². The van der Waals surface area contributed by atoms with Crippen LogP contribution in [0.5, 0.6) is 5.75 Å². The van der Waals surface area contributed by atoms with E-state index in [1.165, 1.54) is 5.56 Å². The Balaban J connectivity index is 1.74. The molecule has 0 aliphatic carbocycles. The number of carbonyl (C=O) groups excluding carboxylic acids is 2. The lowest BCUT2D eigenvalue weighted by atomic mass is 9.97. The molecule has 2 heterocycles. The van der Waals surface area contributed by atoms with E-state index in [1.807, 2.05) is 6.07 Å². The minimum atomic E-state index is -0.230. The van der Waals surface area contributed by atoms with Crippen LogP contribution in [0.1, 0.15) is 17.5 Å². The third-order valence-electron chi connectivity index (χ3n) is 3.84. The first-order chi connectivity index (χ1) is 9.13. The fourth-order valence-electron chi connectivity index (χ4n) is 2.77. The van der Waals surface area contributed by atoms with Crippen molar-refractivity contribution in [2.24, 2.45) is 5.92 Å². The molecule has 0 bridgehead atoms. The zero-order chi connectivity index (χ0) is 13.4. The second kappa shape index (κ2) is 4.57. The van der Waals surface area contributed by atoms with Gasteiger partial charge in [-0.1, -0.05) is 6.07 Å². The van der Waals surface area contributed by atoms with Crippen molar-refractivity contribution in [3.63, 3.8) is 0 Å². The maximum Gasteiger partial charge on any atom is 0.228 e. The van der Waals surface area contributed by atoms with Crippen LogP contribution >= 0.6 is 0 Å². The van der Waals surface area contributed by atoms with E-state index in [0.29, 0.717) is 26.1 Å². The SMILES string of the molecule is O=C1CC(C(=O)N2CCc3ccc(O)cc3C2)CN1. The average Bonchev–Trinajstić information content (AvgIpc) is 2.83. The van der Waals surface area contributed by atoms with Crippen LogP contribution in [0.4, 0.5) is 0 Å². The van der Waals surface area contributed by atoms with Crippen molar-refractivity contribution in [1.82, 2.24) is 10.2 Å². The fraction of sp³-hybridized carbons (Fsp3) is 0.429. The predicted molar refractivity (Wildman–Crippen MR) is 68.3 cm³/mol. The topological polar surface area (TPSA) is 69.6 Å². The summed E-state index contributed by atoms with van der Waals surface area (Å²) in [4.78, 5) is 25.3. The van der Waals surface area contributed by atoms with Crippen molar-refractivity contribution < 1.29 is 14.7 Å². The molecular formula is C14H16N2O3. The molecule has 3 rings (SSSR count). The Bertz CT molecular complexity index is 541. The monoisotopic (exact) mass is 260 g/mol. The van der Waals surface area contributed by atoms with E-state index < -0.39 is 0 Å². The van der Waals surface area contributed by atoms with E-state index >= 15 is 0 Å². The van der Waals surface area contributed by atoms with Crippen LogP contribution < -0.4 is 5.32 Å². The molecule has 0 saturated carbocycles. The van der Waals surface area contributed by atoms with Crippen molar-refractivity contribution in [3.05, 3.63) is 29.3 Å². The lowest BCUT2D eigenvalue weighted by molar-refractivity contribution is -0.136. The Morgan fingerprint density at radius 3 is 2.95 bits per heavy atom. The van der Waals surface area contributed by atoms with Gasteiger partial charge in [0.2, 0.25) is 11.8 Å². The highest BCUT2D eigenvalue weighted by molar-refractivity contribution is 5.89. The van der Waals surface area contributed by atoms with Gasteiger partial charge in [-0.05, 0) is 29.7 Å². The number of phenols is 1. The van der Waals surface area contributed by atoms with Gasteiger partial charge in [-0.25, -0.2) is 0 Å². The lowest BCUT2D eigenvalue weighted by Crippen LogP contribution is -2.40. The summed E-state index contributed by atoms with van der Waals surface area (Å²) in [5.41, 5.74) is 2.18. The van der Waals surface area contributed by atoms with Gasteiger partial charge < -0.3 is 15.3 Å². The Kier molecular flexibility index (Phi) is 2.89. The predicted octanol–water partition coefficient (Wildman–Crippen LogP) is 0.413. The highest BCUT2D eigenvalue weighted by Gasteiger charge is 2.32.